The molecule has 0 saturated heterocycles. The van der Waals surface area contributed by atoms with E-state index in [0.717, 1.165) is 49.7 Å². The summed E-state index contributed by atoms with van der Waals surface area (Å²) >= 11 is 0. The van der Waals surface area contributed by atoms with Crippen molar-refractivity contribution >= 4 is 15.9 Å². The number of aryl methyl sites for hydroxylation is 1. The molecule has 0 bridgehead atoms. The number of carbonyl (C=O) groups excluding carboxylic acids is 1. The van der Waals surface area contributed by atoms with Crippen LogP contribution in [0.15, 0.2) is 35.7 Å². The first kappa shape index (κ1) is 18.1. The third-order valence-corrected chi connectivity index (χ3v) is 6.81. The molecular formula is C18H23N5O3S. The van der Waals surface area contributed by atoms with Gasteiger partial charge in [-0.25, -0.2) is 22.8 Å². The van der Waals surface area contributed by atoms with Crippen molar-refractivity contribution in [2.24, 2.45) is 0 Å². The van der Waals surface area contributed by atoms with Crippen molar-refractivity contribution in [3.05, 3.63) is 42.0 Å². The Hall–Kier alpha value is -2.26. The maximum atomic E-state index is 12.7. The molecule has 1 amide bonds. The number of aromatic nitrogens is 3. The molecule has 0 radical (unpaired) electrons. The van der Waals surface area contributed by atoms with Gasteiger partial charge in [-0.05, 0) is 48.9 Å². The van der Waals surface area contributed by atoms with E-state index in [1.807, 2.05) is 6.07 Å². The topological polar surface area (TPSA) is 106 Å². The summed E-state index contributed by atoms with van der Waals surface area (Å²) in [5.74, 6) is -0.171. The van der Waals surface area contributed by atoms with Crippen LogP contribution in [0.3, 0.4) is 0 Å². The molecule has 1 atom stereocenters. The van der Waals surface area contributed by atoms with Crippen molar-refractivity contribution in [2.45, 2.75) is 62.0 Å². The number of amides is 1. The lowest BCUT2D eigenvalue weighted by atomic mass is 10.1. The van der Waals surface area contributed by atoms with Crippen LogP contribution in [-0.4, -0.2) is 35.1 Å². The van der Waals surface area contributed by atoms with Crippen LogP contribution >= 0.6 is 0 Å². The Labute approximate surface area is 158 Å². The van der Waals surface area contributed by atoms with Crippen molar-refractivity contribution in [1.82, 2.24) is 24.8 Å². The van der Waals surface area contributed by atoms with Gasteiger partial charge in [0.15, 0.2) is 0 Å². The fourth-order valence-electron chi connectivity index (χ4n) is 3.93. The molecule has 2 N–H and O–H groups in total. The van der Waals surface area contributed by atoms with Crippen LogP contribution in [0.2, 0.25) is 0 Å². The predicted molar refractivity (Wildman–Crippen MR) is 98.2 cm³/mol. The van der Waals surface area contributed by atoms with Gasteiger partial charge in [0.2, 0.25) is 15.9 Å². The minimum atomic E-state index is -3.54. The molecule has 2 aromatic rings. The molecule has 0 aliphatic heterocycles. The van der Waals surface area contributed by atoms with Crippen molar-refractivity contribution in [3.8, 4) is 0 Å². The summed E-state index contributed by atoms with van der Waals surface area (Å²) in [6, 6.07) is 5.08. The molecule has 1 fully saturated rings. The van der Waals surface area contributed by atoms with E-state index in [0.29, 0.717) is 0 Å². The molecule has 1 unspecified atom stereocenters. The minimum Gasteiger partial charge on any atom is -0.348 e. The molecule has 144 valence electrons. The second kappa shape index (κ2) is 7.40. The molecule has 2 aliphatic rings. The molecule has 1 heterocycles. The highest BCUT2D eigenvalue weighted by Gasteiger charge is 2.28. The van der Waals surface area contributed by atoms with Crippen LogP contribution in [0.25, 0.3) is 0 Å². The standard InChI is InChI=1S/C18H23N5O3S/c24-18(10-23-12-19-11-20-23)21-17-8-6-13-5-7-15(9-16(13)17)27(25,26)22-14-3-1-2-4-14/h5,7,9,11-12,14,17,22H,1-4,6,8,10H2,(H,21,24). The molecule has 4 rings (SSSR count). The highest BCUT2D eigenvalue weighted by molar-refractivity contribution is 7.89. The van der Waals surface area contributed by atoms with E-state index < -0.39 is 10.0 Å². The Kier molecular flexibility index (Phi) is 4.96. The summed E-state index contributed by atoms with van der Waals surface area (Å²) in [5, 5.41) is 6.91. The van der Waals surface area contributed by atoms with Gasteiger partial charge in [0.1, 0.15) is 19.2 Å². The number of benzene rings is 1. The van der Waals surface area contributed by atoms with Crippen molar-refractivity contribution in [2.75, 3.05) is 0 Å². The number of carbonyl (C=O) groups is 1. The van der Waals surface area contributed by atoms with Gasteiger partial charge in [-0.1, -0.05) is 18.9 Å². The maximum Gasteiger partial charge on any atom is 0.242 e. The number of nitrogens with zero attached hydrogens (tertiary/aromatic N) is 3. The second-order valence-electron chi connectivity index (χ2n) is 7.22. The van der Waals surface area contributed by atoms with E-state index >= 15 is 0 Å². The van der Waals surface area contributed by atoms with Gasteiger partial charge in [0, 0.05) is 6.04 Å². The summed E-state index contributed by atoms with van der Waals surface area (Å²) in [6.07, 6.45) is 8.37. The van der Waals surface area contributed by atoms with Gasteiger partial charge in [-0.15, -0.1) is 0 Å². The Morgan fingerprint density at radius 2 is 2.04 bits per heavy atom. The fraction of sp³-hybridized carbons (Fsp3) is 0.500. The maximum absolute atomic E-state index is 12.7. The van der Waals surface area contributed by atoms with E-state index in [1.165, 1.54) is 17.3 Å². The number of fused-ring (bicyclic) bond motifs is 1. The first-order chi connectivity index (χ1) is 13.0. The number of nitrogens with one attached hydrogen (secondary N) is 2. The molecule has 27 heavy (non-hydrogen) atoms. The lowest BCUT2D eigenvalue weighted by molar-refractivity contribution is -0.122. The van der Waals surface area contributed by atoms with Gasteiger partial charge in [-0.3, -0.25) is 4.79 Å². The summed E-state index contributed by atoms with van der Waals surface area (Å²) in [7, 11) is -3.54. The van der Waals surface area contributed by atoms with E-state index in [4.69, 9.17) is 0 Å². The number of hydrogen-bond donors (Lipinski definition) is 2. The lowest BCUT2D eigenvalue weighted by Crippen LogP contribution is -2.33. The Morgan fingerprint density at radius 1 is 1.22 bits per heavy atom. The van der Waals surface area contributed by atoms with Gasteiger partial charge in [0.25, 0.3) is 0 Å². The smallest absolute Gasteiger partial charge is 0.242 e. The fourth-order valence-corrected chi connectivity index (χ4v) is 5.27. The van der Waals surface area contributed by atoms with Gasteiger partial charge in [-0.2, -0.15) is 5.10 Å². The molecule has 8 nitrogen and oxygen atoms in total. The van der Waals surface area contributed by atoms with E-state index in [1.54, 1.807) is 12.1 Å². The quantitative estimate of drug-likeness (QED) is 0.775. The molecule has 2 aliphatic carbocycles. The third-order valence-electron chi connectivity index (χ3n) is 5.29. The summed E-state index contributed by atoms with van der Waals surface area (Å²) in [4.78, 5) is 16.3. The van der Waals surface area contributed by atoms with Gasteiger partial charge < -0.3 is 5.32 Å². The largest absolute Gasteiger partial charge is 0.348 e. The van der Waals surface area contributed by atoms with Crippen LogP contribution in [0.5, 0.6) is 0 Å². The van der Waals surface area contributed by atoms with Crippen LogP contribution < -0.4 is 10.0 Å². The number of rotatable bonds is 6. The molecule has 1 aromatic heterocycles. The molecule has 0 spiro atoms. The Balaban J connectivity index is 1.49. The number of sulfonamides is 1. The summed E-state index contributed by atoms with van der Waals surface area (Å²) in [5.41, 5.74) is 1.97. The van der Waals surface area contributed by atoms with Crippen molar-refractivity contribution in [3.63, 3.8) is 0 Å². The lowest BCUT2D eigenvalue weighted by Gasteiger charge is -2.16. The second-order valence-corrected chi connectivity index (χ2v) is 8.93. The Morgan fingerprint density at radius 3 is 2.78 bits per heavy atom. The monoisotopic (exact) mass is 389 g/mol. The average molecular weight is 389 g/mol. The molecule has 1 saturated carbocycles. The first-order valence-corrected chi connectivity index (χ1v) is 10.8. The van der Waals surface area contributed by atoms with Crippen LogP contribution in [0.4, 0.5) is 0 Å². The van der Waals surface area contributed by atoms with Crippen molar-refractivity contribution < 1.29 is 13.2 Å². The van der Waals surface area contributed by atoms with Crippen molar-refractivity contribution in [1.29, 1.82) is 0 Å². The summed E-state index contributed by atoms with van der Waals surface area (Å²) < 4.78 is 29.7. The SMILES string of the molecule is O=C(Cn1cncn1)NC1CCc2ccc(S(=O)(=O)NC3CCCC3)cc21. The first-order valence-electron chi connectivity index (χ1n) is 9.28. The van der Waals surface area contributed by atoms with E-state index in [2.05, 4.69) is 20.1 Å². The van der Waals surface area contributed by atoms with Crippen LogP contribution in [-0.2, 0) is 27.8 Å². The molecule has 9 heteroatoms. The minimum absolute atomic E-state index is 0.0291. The highest BCUT2D eigenvalue weighted by Crippen LogP contribution is 2.33. The van der Waals surface area contributed by atoms with E-state index in [-0.39, 0.29) is 29.4 Å². The zero-order chi connectivity index (χ0) is 18.9. The number of hydrogen-bond acceptors (Lipinski definition) is 5. The average Bonchev–Trinajstić information content (AvgIpc) is 3.37. The van der Waals surface area contributed by atoms with Gasteiger partial charge in [0.05, 0.1) is 10.9 Å². The van der Waals surface area contributed by atoms with Gasteiger partial charge >= 0.3 is 0 Å². The van der Waals surface area contributed by atoms with E-state index in [9.17, 15) is 13.2 Å². The molecule has 1 aromatic carbocycles. The van der Waals surface area contributed by atoms with Crippen LogP contribution in [0.1, 0.15) is 49.3 Å². The third kappa shape index (κ3) is 4.03. The zero-order valence-corrected chi connectivity index (χ0v) is 15.8. The normalized spacial score (nSPS) is 19.9. The molecular weight excluding hydrogens is 366 g/mol. The van der Waals surface area contributed by atoms with Crippen LogP contribution in [0, 0.1) is 0 Å². The highest BCUT2D eigenvalue weighted by atomic mass is 32.2. The predicted octanol–water partition coefficient (Wildman–Crippen LogP) is 1.30. The summed E-state index contributed by atoms with van der Waals surface area (Å²) in [6.45, 7) is 0.0903. The zero-order valence-electron chi connectivity index (χ0n) is 15.0. The Bertz CT molecular complexity index is 920.